The lowest BCUT2D eigenvalue weighted by molar-refractivity contribution is 0.0945. The molecule has 1 aromatic heterocycles. The minimum atomic E-state index is -0.278. The van der Waals surface area contributed by atoms with Crippen LogP contribution in [0.4, 0.5) is 11.6 Å². The molecule has 0 radical (unpaired) electrons. The van der Waals surface area contributed by atoms with Gasteiger partial charge in [-0.1, -0.05) is 41.4 Å². The minimum absolute atomic E-state index is 0.278. The van der Waals surface area contributed by atoms with Gasteiger partial charge < -0.3 is 10.6 Å². The van der Waals surface area contributed by atoms with Gasteiger partial charge in [0.05, 0.1) is 0 Å². The summed E-state index contributed by atoms with van der Waals surface area (Å²) < 4.78 is 0. The molecule has 0 fully saturated rings. The molecule has 0 spiro atoms. The van der Waals surface area contributed by atoms with Gasteiger partial charge in [0.25, 0.3) is 5.91 Å². The maximum atomic E-state index is 12.4. The minimum Gasteiger partial charge on any atom is -0.347 e. The lowest BCUT2D eigenvalue weighted by atomic mass is 10.2. The van der Waals surface area contributed by atoms with Gasteiger partial charge in [0.2, 0.25) is 5.95 Å². The predicted molar refractivity (Wildman–Crippen MR) is 104 cm³/mol. The highest BCUT2D eigenvalue weighted by Gasteiger charge is 2.11. The summed E-state index contributed by atoms with van der Waals surface area (Å²) in [6, 6.07) is 16.1. The van der Waals surface area contributed by atoms with Crippen molar-refractivity contribution in [2.45, 2.75) is 13.5 Å². The van der Waals surface area contributed by atoms with Crippen molar-refractivity contribution in [1.29, 1.82) is 0 Å². The van der Waals surface area contributed by atoms with E-state index in [1.165, 1.54) is 0 Å². The molecule has 0 bridgehead atoms. The Balaban J connectivity index is 1.71. The Morgan fingerprint density at radius 3 is 2.50 bits per heavy atom. The van der Waals surface area contributed by atoms with Crippen molar-refractivity contribution in [1.82, 2.24) is 15.3 Å². The van der Waals surface area contributed by atoms with Crippen LogP contribution in [0.5, 0.6) is 0 Å². The summed E-state index contributed by atoms with van der Waals surface area (Å²) in [4.78, 5) is 21.0. The second kappa shape index (κ2) is 8.17. The number of rotatable bonds is 5. The second-order valence-electron chi connectivity index (χ2n) is 5.66. The highest BCUT2D eigenvalue weighted by Crippen LogP contribution is 2.18. The van der Waals surface area contributed by atoms with Crippen LogP contribution in [0.15, 0.2) is 54.6 Å². The van der Waals surface area contributed by atoms with Crippen LogP contribution in [0.1, 0.15) is 21.7 Å². The summed E-state index contributed by atoms with van der Waals surface area (Å²) in [5.41, 5.74) is 2.67. The van der Waals surface area contributed by atoms with Crippen molar-refractivity contribution in [3.8, 4) is 0 Å². The van der Waals surface area contributed by atoms with Gasteiger partial charge in [-0.3, -0.25) is 4.79 Å². The number of anilines is 2. The molecule has 2 aromatic carbocycles. The van der Waals surface area contributed by atoms with Crippen LogP contribution in [0.25, 0.3) is 0 Å². The van der Waals surface area contributed by atoms with Gasteiger partial charge in [-0.25, -0.2) is 9.97 Å². The monoisotopic (exact) mass is 386 g/mol. The normalized spacial score (nSPS) is 10.4. The standard InChI is InChI=1S/C19H16Cl2N4O/c1-12-9-17(18(26)22-11-13-5-7-14(20)8-6-13)25-19(23-12)24-16-4-2-3-15(21)10-16/h2-10H,11H2,1H3,(H,22,26)(H,23,24,25). The number of halogens is 2. The van der Waals surface area contributed by atoms with Gasteiger partial charge in [0.15, 0.2) is 0 Å². The first-order chi connectivity index (χ1) is 12.5. The number of hydrogen-bond acceptors (Lipinski definition) is 4. The highest BCUT2D eigenvalue weighted by atomic mass is 35.5. The van der Waals surface area contributed by atoms with Crippen molar-refractivity contribution >= 4 is 40.7 Å². The zero-order chi connectivity index (χ0) is 18.5. The number of carbonyl (C=O) groups excluding carboxylic acids is 1. The number of carbonyl (C=O) groups is 1. The number of nitrogens with zero attached hydrogens (tertiary/aromatic N) is 2. The van der Waals surface area contributed by atoms with Gasteiger partial charge in [-0.05, 0) is 48.9 Å². The summed E-state index contributed by atoms with van der Waals surface area (Å²) in [6.45, 7) is 2.19. The molecule has 26 heavy (non-hydrogen) atoms. The van der Waals surface area contributed by atoms with Crippen LogP contribution in [0.3, 0.4) is 0 Å². The molecule has 2 N–H and O–H groups in total. The average molecular weight is 387 g/mol. The van der Waals surface area contributed by atoms with Gasteiger partial charge in [0, 0.05) is 28.0 Å². The summed E-state index contributed by atoms with van der Waals surface area (Å²) in [5.74, 6) is 0.0588. The molecule has 0 atom stereocenters. The second-order valence-corrected chi connectivity index (χ2v) is 6.54. The van der Waals surface area contributed by atoms with E-state index in [2.05, 4.69) is 20.6 Å². The van der Waals surface area contributed by atoms with Crippen molar-refractivity contribution < 1.29 is 4.79 Å². The Hall–Kier alpha value is -2.63. The third-order valence-electron chi connectivity index (χ3n) is 3.53. The first-order valence-electron chi connectivity index (χ1n) is 7.90. The number of aryl methyl sites for hydroxylation is 1. The van der Waals surface area contributed by atoms with Gasteiger partial charge >= 0.3 is 0 Å². The highest BCUT2D eigenvalue weighted by molar-refractivity contribution is 6.31. The SMILES string of the molecule is Cc1cc(C(=O)NCc2ccc(Cl)cc2)nc(Nc2cccc(Cl)c2)n1. The Bertz CT molecular complexity index is 929. The van der Waals surface area contributed by atoms with Crippen LogP contribution in [0.2, 0.25) is 10.0 Å². The third kappa shape index (κ3) is 4.94. The van der Waals surface area contributed by atoms with Crippen molar-refractivity contribution in [3.05, 3.63) is 81.6 Å². The van der Waals surface area contributed by atoms with Crippen molar-refractivity contribution in [3.63, 3.8) is 0 Å². The van der Waals surface area contributed by atoms with E-state index in [0.717, 1.165) is 11.3 Å². The van der Waals surface area contributed by atoms with Crippen LogP contribution < -0.4 is 10.6 Å². The van der Waals surface area contributed by atoms with Crippen LogP contribution >= 0.6 is 23.2 Å². The molecule has 3 rings (SSSR count). The van der Waals surface area contributed by atoms with Crippen molar-refractivity contribution in [2.75, 3.05) is 5.32 Å². The van der Waals surface area contributed by atoms with Gasteiger partial charge in [-0.15, -0.1) is 0 Å². The van der Waals surface area contributed by atoms with Crippen LogP contribution in [-0.2, 0) is 6.54 Å². The van der Waals surface area contributed by atoms with E-state index in [4.69, 9.17) is 23.2 Å². The number of nitrogens with one attached hydrogen (secondary N) is 2. The Morgan fingerprint density at radius 1 is 1.00 bits per heavy atom. The number of amides is 1. The molecule has 3 aromatic rings. The maximum absolute atomic E-state index is 12.4. The topological polar surface area (TPSA) is 66.9 Å². The molecule has 0 unspecified atom stereocenters. The van der Waals surface area contributed by atoms with E-state index in [0.29, 0.717) is 28.2 Å². The first-order valence-corrected chi connectivity index (χ1v) is 8.66. The smallest absolute Gasteiger partial charge is 0.270 e. The quantitative estimate of drug-likeness (QED) is 0.662. The molecule has 0 aliphatic heterocycles. The van der Waals surface area contributed by atoms with Gasteiger partial charge in [-0.2, -0.15) is 0 Å². The Morgan fingerprint density at radius 2 is 1.77 bits per heavy atom. The largest absolute Gasteiger partial charge is 0.347 e. The fourth-order valence-corrected chi connectivity index (χ4v) is 2.63. The molecule has 7 heteroatoms. The van der Waals surface area contributed by atoms with Crippen LogP contribution in [0, 0.1) is 6.92 Å². The fraction of sp³-hybridized carbons (Fsp3) is 0.105. The summed E-state index contributed by atoms with van der Waals surface area (Å²) >= 11 is 11.8. The zero-order valence-corrected chi connectivity index (χ0v) is 15.5. The van der Waals surface area contributed by atoms with Crippen LogP contribution in [-0.4, -0.2) is 15.9 Å². The molecule has 5 nitrogen and oxygen atoms in total. The van der Waals surface area contributed by atoms with E-state index >= 15 is 0 Å². The Labute approximate surface area is 161 Å². The van der Waals surface area contributed by atoms with E-state index < -0.39 is 0 Å². The molecular formula is C19H16Cl2N4O. The molecule has 0 aliphatic rings. The molecule has 1 heterocycles. The molecular weight excluding hydrogens is 371 g/mol. The van der Waals surface area contributed by atoms with Gasteiger partial charge in [0.1, 0.15) is 5.69 Å². The first kappa shape index (κ1) is 18.2. The molecule has 1 amide bonds. The average Bonchev–Trinajstić information content (AvgIpc) is 2.60. The molecule has 0 saturated heterocycles. The summed E-state index contributed by atoms with van der Waals surface area (Å²) in [5, 5.41) is 7.16. The van der Waals surface area contributed by atoms with E-state index in [1.807, 2.05) is 24.3 Å². The molecule has 0 aliphatic carbocycles. The predicted octanol–water partition coefficient (Wildman–Crippen LogP) is 4.77. The van der Waals surface area contributed by atoms with E-state index in [-0.39, 0.29) is 11.6 Å². The maximum Gasteiger partial charge on any atom is 0.270 e. The number of benzene rings is 2. The lowest BCUT2D eigenvalue weighted by Crippen LogP contribution is -2.24. The van der Waals surface area contributed by atoms with Crippen molar-refractivity contribution in [2.24, 2.45) is 0 Å². The fourth-order valence-electron chi connectivity index (χ4n) is 2.31. The third-order valence-corrected chi connectivity index (χ3v) is 4.02. The Kier molecular flexibility index (Phi) is 5.71. The number of aromatic nitrogens is 2. The molecule has 132 valence electrons. The zero-order valence-electron chi connectivity index (χ0n) is 14.0. The summed E-state index contributed by atoms with van der Waals surface area (Å²) in [7, 11) is 0. The van der Waals surface area contributed by atoms with E-state index in [1.54, 1.807) is 37.3 Å². The lowest BCUT2D eigenvalue weighted by Gasteiger charge is -2.09. The summed E-state index contributed by atoms with van der Waals surface area (Å²) in [6.07, 6.45) is 0. The number of hydrogen-bond donors (Lipinski definition) is 2. The van der Waals surface area contributed by atoms with E-state index in [9.17, 15) is 4.79 Å². The molecule has 0 saturated carbocycles.